The van der Waals surface area contributed by atoms with E-state index in [0.717, 1.165) is 0 Å². The molecule has 0 aromatic carbocycles. The van der Waals surface area contributed by atoms with E-state index in [2.05, 4.69) is 27.7 Å². The van der Waals surface area contributed by atoms with Crippen molar-refractivity contribution in [2.75, 3.05) is 7.11 Å². The van der Waals surface area contributed by atoms with Gasteiger partial charge in [-0.15, -0.1) is 0 Å². The Morgan fingerprint density at radius 1 is 1.20 bits per heavy atom. The maximum absolute atomic E-state index is 5.38. The topological polar surface area (TPSA) is 9.23 Å². The predicted octanol–water partition coefficient (Wildman–Crippen LogP) is 2.85. The monoisotopic (exact) mass is 144 g/mol. The zero-order valence-corrected chi connectivity index (χ0v) is 7.90. The van der Waals surface area contributed by atoms with Crippen LogP contribution in [-0.2, 0) is 4.74 Å². The van der Waals surface area contributed by atoms with Crippen LogP contribution in [-0.4, -0.2) is 12.7 Å². The number of methoxy groups -OCH3 is 1. The van der Waals surface area contributed by atoms with Crippen LogP contribution in [0.15, 0.2) is 0 Å². The highest BCUT2D eigenvalue weighted by atomic mass is 16.5. The maximum atomic E-state index is 5.38. The third kappa shape index (κ3) is 2.30. The first-order valence-corrected chi connectivity index (χ1v) is 4.13. The number of hydrogen-bond donors (Lipinski definition) is 0. The summed E-state index contributed by atoms with van der Waals surface area (Å²) >= 11 is 0. The molecule has 0 saturated heterocycles. The molecule has 0 atom stereocenters. The lowest BCUT2D eigenvalue weighted by molar-refractivity contribution is -0.0305. The molecule has 0 unspecified atom stereocenters. The molecule has 10 heavy (non-hydrogen) atoms. The van der Waals surface area contributed by atoms with E-state index in [-0.39, 0.29) is 5.60 Å². The standard InChI is InChI=1S/C9H20O/c1-6-8(7-2)9(3,4)10-5/h8H,6-7H2,1-5H3. The Hall–Kier alpha value is -0.0400. The van der Waals surface area contributed by atoms with E-state index in [4.69, 9.17) is 4.74 Å². The molecule has 0 heterocycles. The van der Waals surface area contributed by atoms with Crippen LogP contribution in [0.2, 0.25) is 0 Å². The van der Waals surface area contributed by atoms with Gasteiger partial charge in [0, 0.05) is 7.11 Å². The summed E-state index contributed by atoms with van der Waals surface area (Å²) in [5.41, 5.74) is 0.0590. The van der Waals surface area contributed by atoms with Gasteiger partial charge in [0.15, 0.2) is 0 Å². The molecule has 0 spiro atoms. The van der Waals surface area contributed by atoms with Crippen LogP contribution in [0.25, 0.3) is 0 Å². The second-order valence-corrected chi connectivity index (χ2v) is 3.32. The second-order valence-electron chi connectivity index (χ2n) is 3.32. The van der Waals surface area contributed by atoms with Gasteiger partial charge >= 0.3 is 0 Å². The summed E-state index contributed by atoms with van der Waals surface area (Å²) < 4.78 is 5.38. The van der Waals surface area contributed by atoms with E-state index in [1.165, 1.54) is 12.8 Å². The summed E-state index contributed by atoms with van der Waals surface area (Å²) in [6, 6.07) is 0. The van der Waals surface area contributed by atoms with Crippen molar-refractivity contribution in [3.05, 3.63) is 0 Å². The molecule has 62 valence electrons. The molecule has 1 heteroatoms. The van der Waals surface area contributed by atoms with Crippen molar-refractivity contribution >= 4 is 0 Å². The Labute approximate surface area is 64.8 Å². The Kier molecular flexibility index (Phi) is 3.95. The molecule has 1 nitrogen and oxygen atoms in total. The molecular weight excluding hydrogens is 124 g/mol. The summed E-state index contributed by atoms with van der Waals surface area (Å²) in [5, 5.41) is 0. The van der Waals surface area contributed by atoms with Crippen molar-refractivity contribution < 1.29 is 4.74 Å². The third-order valence-electron chi connectivity index (χ3n) is 2.49. The highest BCUT2D eigenvalue weighted by molar-refractivity contribution is 4.76. The fraction of sp³-hybridized carbons (Fsp3) is 1.00. The number of rotatable bonds is 4. The predicted molar refractivity (Wildman–Crippen MR) is 45.2 cm³/mol. The molecule has 0 fully saturated rings. The van der Waals surface area contributed by atoms with Crippen LogP contribution in [0.4, 0.5) is 0 Å². The molecule has 0 N–H and O–H groups in total. The Morgan fingerprint density at radius 2 is 1.60 bits per heavy atom. The lowest BCUT2D eigenvalue weighted by Crippen LogP contribution is -2.32. The quantitative estimate of drug-likeness (QED) is 0.589. The van der Waals surface area contributed by atoms with Crippen molar-refractivity contribution in [2.24, 2.45) is 5.92 Å². The van der Waals surface area contributed by atoms with E-state index >= 15 is 0 Å². The van der Waals surface area contributed by atoms with Crippen molar-refractivity contribution in [3.63, 3.8) is 0 Å². The zero-order chi connectivity index (χ0) is 8.20. The van der Waals surface area contributed by atoms with E-state index in [9.17, 15) is 0 Å². The summed E-state index contributed by atoms with van der Waals surface area (Å²) in [7, 11) is 1.79. The first-order valence-electron chi connectivity index (χ1n) is 4.13. The maximum Gasteiger partial charge on any atom is 0.0650 e. The van der Waals surface area contributed by atoms with E-state index in [1.807, 2.05) is 0 Å². The fourth-order valence-electron chi connectivity index (χ4n) is 1.44. The minimum Gasteiger partial charge on any atom is -0.379 e. The summed E-state index contributed by atoms with van der Waals surface area (Å²) in [6.07, 6.45) is 2.41. The smallest absolute Gasteiger partial charge is 0.0650 e. The molecule has 0 aliphatic heterocycles. The largest absolute Gasteiger partial charge is 0.379 e. The van der Waals surface area contributed by atoms with Crippen molar-refractivity contribution in [3.8, 4) is 0 Å². The van der Waals surface area contributed by atoms with Gasteiger partial charge in [-0.1, -0.05) is 26.7 Å². The van der Waals surface area contributed by atoms with Gasteiger partial charge in [-0.05, 0) is 19.8 Å². The minimum atomic E-state index is 0.0590. The molecule has 0 aliphatic carbocycles. The summed E-state index contributed by atoms with van der Waals surface area (Å²) in [5.74, 6) is 0.692. The van der Waals surface area contributed by atoms with Crippen LogP contribution in [0.1, 0.15) is 40.5 Å². The van der Waals surface area contributed by atoms with Gasteiger partial charge in [-0.3, -0.25) is 0 Å². The highest BCUT2D eigenvalue weighted by Crippen LogP contribution is 2.25. The molecular formula is C9H20O. The van der Waals surface area contributed by atoms with Crippen LogP contribution in [0.3, 0.4) is 0 Å². The van der Waals surface area contributed by atoms with Crippen LogP contribution >= 0.6 is 0 Å². The summed E-state index contributed by atoms with van der Waals surface area (Å²) in [6.45, 7) is 8.75. The van der Waals surface area contributed by atoms with E-state index in [1.54, 1.807) is 7.11 Å². The molecule has 0 bridgehead atoms. The Bertz CT molecular complexity index is 82.7. The SMILES string of the molecule is CCC(CC)C(C)(C)OC. The van der Waals surface area contributed by atoms with E-state index in [0.29, 0.717) is 5.92 Å². The molecule has 0 amide bonds. The first-order chi connectivity index (χ1) is 4.58. The van der Waals surface area contributed by atoms with Gasteiger partial charge in [-0.25, -0.2) is 0 Å². The van der Waals surface area contributed by atoms with Crippen molar-refractivity contribution in [2.45, 2.75) is 46.1 Å². The van der Waals surface area contributed by atoms with Crippen LogP contribution in [0, 0.1) is 5.92 Å². The third-order valence-corrected chi connectivity index (χ3v) is 2.49. The van der Waals surface area contributed by atoms with Gasteiger partial charge in [0.2, 0.25) is 0 Å². The highest BCUT2D eigenvalue weighted by Gasteiger charge is 2.25. The van der Waals surface area contributed by atoms with Crippen LogP contribution < -0.4 is 0 Å². The molecule has 0 rings (SSSR count). The first kappa shape index (κ1) is 9.96. The molecule has 0 aromatic heterocycles. The molecule has 0 aromatic rings. The van der Waals surface area contributed by atoms with E-state index < -0.39 is 0 Å². The van der Waals surface area contributed by atoms with Crippen LogP contribution in [0.5, 0.6) is 0 Å². The number of ether oxygens (including phenoxy) is 1. The van der Waals surface area contributed by atoms with Gasteiger partial charge in [0.1, 0.15) is 0 Å². The van der Waals surface area contributed by atoms with Crippen molar-refractivity contribution in [1.82, 2.24) is 0 Å². The van der Waals surface area contributed by atoms with Gasteiger partial charge in [-0.2, -0.15) is 0 Å². The number of hydrogen-bond acceptors (Lipinski definition) is 1. The Morgan fingerprint density at radius 3 is 1.70 bits per heavy atom. The lowest BCUT2D eigenvalue weighted by Gasteiger charge is -2.31. The Balaban J connectivity index is 3.97. The molecule has 0 saturated carbocycles. The zero-order valence-electron chi connectivity index (χ0n) is 7.90. The second kappa shape index (κ2) is 3.97. The van der Waals surface area contributed by atoms with Crippen molar-refractivity contribution in [1.29, 1.82) is 0 Å². The van der Waals surface area contributed by atoms with Gasteiger partial charge < -0.3 is 4.74 Å². The molecule has 0 radical (unpaired) electrons. The average molecular weight is 144 g/mol. The normalized spacial score (nSPS) is 12.6. The van der Waals surface area contributed by atoms with Gasteiger partial charge in [0.05, 0.1) is 5.60 Å². The lowest BCUT2D eigenvalue weighted by atomic mass is 9.86. The average Bonchev–Trinajstić information content (AvgIpc) is 1.90. The minimum absolute atomic E-state index is 0.0590. The fourth-order valence-corrected chi connectivity index (χ4v) is 1.44. The van der Waals surface area contributed by atoms with Gasteiger partial charge in [0.25, 0.3) is 0 Å². The summed E-state index contributed by atoms with van der Waals surface area (Å²) in [4.78, 5) is 0. The molecule has 0 aliphatic rings.